The molecular weight excluding hydrogens is 214 g/mol. The Morgan fingerprint density at radius 1 is 1.24 bits per heavy atom. The second-order valence-corrected chi connectivity index (χ2v) is 5.87. The molecule has 0 aliphatic heterocycles. The molecule has 0 saturated heterocycles. The highest BCUT2D eigenvalue weighted by molar-refractivity contribution is 5.67. The van der Waals surface area contributed by atoms with Crippen LogP contribution in [-0.2, 0) is 4.79 Å². The predicted octanol–water partition coefficient (Wildman–Crippen LogP) is 3.57. The lowest BCUT2D eigenvalue weighted by Crippen LogP contribution is -2.23. The average Bonchev–Trinajstić information content (AvgIpc) is 2.21. The molecule has 0 fully saturated rings. The molecule has 0 spiro atoms. The summed E-state index contributed by atoms with van der Waals surface area (Å²) < 4.78 is 0. The molecular formula is C14H29NO2. The molecule has 17 heavy (non-hydrogen) atoms. The molecule has 102 valence electrons. The Bertz CT molecular complexity index is 214. The minimum Gasteiger partial charge on any atom is -0.481 e. The number of rotatable bonds is 10. The summed E-state index contributed by atoms with van der Waals surface area (Å²) >= 11 is 0. The molecule has 0 heterocycles. The van der Waals surface area contributed by atoms with Crippen LogP contribution < -0.4 is 5.73 Å². The normalized spacial score (nSPS) is 13.6. The van der Waals surface area contributed by atoms with Crippen molar-refractivity contribution in [3.05, 3.63) is 0 Å². The molecule has 0 saturated carbocycles. The van der Waals surface area contributed by atoms with E-state index in [-0.39, 0.29) is 12.5 Å². The molecule has 0 aromatic carbocycles. The van der Waals surface area contributed by atoms with Gasteiger partial charge in [-0.2, -0.15) is 0 Å². The van der Waals surface area contributed by atoms with Crippen LogP contribution in [0.4, 0.5) is 0 Å². The Hall–Kier alpha value is -0.570. The van der Waals surface area contributed by atoms with Crippen LogP contribution in [0.2, 0.25) is 0 Å². The van der Waals surface area contributed by atoms with Gasteiger partial charge in [0, 0.05) is 6.04 Å². The lowest BCUT2D eigenvalue weighted by molar-refractivity contribution is -0.137. The fraction of sp³-hybridized carbons (Fsp3) is 0.929. The number of hydrogen-bond donors (Lipinski definition) is 2. The predicted molar refractivity (Wildman–Crippen MR) is 72.0 cm³/mol. The second-order valence-electron chi connectivity index (χ2n) is 5.87. The van der Waals surface area contributed by atoms with E-state index in [0.29, 0.717) is 5.41 Å². The van der Waals surface area contributed by atoms with Crippen LogP contribution in [0.3, 0.4) is 0 Å². The van der Waals surface area contributed by atoms with Crippen LogP contribution in [0, 0.1) is 5.41 Å². The van der Waals surface area contributed by atoms with Crippen molar-refractivity contribution >= 4 is 5.97 Å². The number of unbranched alkanes of at least 4 members (excludes halogenated alkanes) is 2. The van der Waals surface area contributed by atoms with E-state index in [1.54, 1.807) is 0 Å². The quantitative estimate of drug-likeness (QED) is 0.577. The number of aliphatic carboxylic acids is 1. The van der Waals surface area contributed by atoms with Gasteiger partial charge in [0.1, 0.15) is 0 Å². The van der Waals surface area contributed by atoms with Crippen LogP contribution >= 0.6 is 0 Å². The number of hydrogen-bond acceptors (Lipinski definition) is 2. The van der Waals surface area contributed by atoms with Crippen molar-refractivity contribution < 1.29 is 9.90 Å². The summed E-state index contributed by atoms with van der Waals surface area (Å²) in [5.74, 6) is -0.791. The molecule has 0 aliphatic carbocycles. The molecule has 3 nitrogen and oxygen atoms in total. The standard InChI is InChI=1S/C14H29NO2/c1-4-5-9-14(2,3)10-7-6-8-12(15)11-13(16)17/h12H,4-11,15H2,1-3H3,(H,16,17). The van der Waals surface area contributed by atoms with E-state index in [0.717, 1.165) is 19.3 Å². The first kappa shape index (κ1) is 16.4. The molecule has 3 N–H and O–H groups in total. The van der Waals surface area contributed by atoms with Gasteiger partial charge in [0.2, 0.25) is 0 Å². The topological polar surface area (TPSA) is 63.3 Å². The van der Waals surface area contributed by atoms with Gasteiger partial charge in [-0.15, -0.1) is 0 Å². The van der Waals surface area contributed by atoms with E-state index >= 15 is 0 Å². The monoisotopic (exact) mass is 243 g/mol. The molecule has 1 atom stereocenters. The van der Waals surface area contributed by atoms with E-state index in [1.165, 1.54) is 25.7 Å². The zero-order valence-corrected chi connectivity index (χ0v) is 11.7. The summed E-state index contributed by atoms with van der Waals surface area (Å²) in [6.07, 6.45) is 8.18. The number of carbonyl (C=O) groups is 1. The highest BCUT2D eigenvalue weighted by Gasteiger charge is 2.16. The number of carboxylic acid groups (broad SMARTS) is 1. The zero-order valence-electron chi connectivity index (χ0n) is 11.7. The Labute approximate surface area is 106 Å². The summed E-state index contributed by atoms with van der Waals surface area (Å²) in [6, 6.07) is -0.175. The van der Waals surface area contributed by atoms with Crippen LogP contribution in [0.5, 0.6) is 0 Å². The molecule has 0 radical (unpaired) electrons. The fourth-order valence-electron chi connectivity index (χ4n) is 2.12. The van der Waals surface area contributed by atoms with Gasteiger partial charge in [0.25, 0.3) is 0 Å². The lowest BCUT2D eigenvalue weighted by atomic mass is 9.82. The number of carboxylic acids is 1. The third-order valence-corrected chi connectivity index (χ3v) is 3.32. The van der Waals surface area contributed by atoms with Gasteiger partial charge in [-0.05, 0) is 24.7 Å². The van der Waals surface area contributed by atoms with E-state index in [4.69, 9.17) is 10.8 Å². The van der Waals surface area contributed by atoms with Crippen LogP contribution in [0.25, 0.3) is 0 Å². The van der Waals surface area contributed by atoms with Crippen molar-refractivity contribution in [3.8, 4) is 0 Å². The molecule has 0 rings (SSSR count). The van der Waals surface area contributed by atoms with Crippen molar-refractivity contribution in [3.63, 3.8) is 0 Å². The van der Waals surface area contributed by atoms with Gasteiger partial charge < -0.3 is 10.8 Å². The maximum atomic E-state index is 10.4. The molecule has 0 aliphatic rings. The molecule has 0 aromatic heterocycles. The summed E-state index contributed by atoms with van der Waals surface area (Å²) in [6.45, 7) is 6.86. The van der Waals surface area contributed by atoms with Crippen LogP contribution in [0.1, 0.15) is 72.1 Å². The summed E-state index contributed by atoms with van der Waals surface area (Å²) in [7, 11) is 0. The first-order chi connectivity index (χ1) is 7.87. The average molecular weight is 243 g/mol. The van der Waals surface area contributed by atoms with E-state index in [1.807, 2.05) is 0 Å². The zero-order chi connectivity index (χ0) is 13.3. The minimum atomic E-state index is -0.791. The first-order valence-corrected chi connectivity index (χ1v) is 6.85. The van der Waals surface area contributed by atoms with E-state index in [2.05, 4.69) is 20.8 Å². The van der Waals surface area contributed by atoms with Gasteiger partial charge in [0.05, 0.1) is 6.42 Å². The number of nitrogens with two attached hydrogens (primary N) is 1. The Morgan fingerprint density at radius 3 is 2.35 bits per heavy atom. The molecule has 1 unspecified atom stereocenters. The summed E-state index contributed by atoms with van der Waals surface area (Å²) in [4.78, 5) is 10.4. The minimum absolute atomic E-state index is 0.0965. The van der Waals surface area contributed by atoms with Gasteiger partial charge in [-0.25, -0.2) is 0 Å². The summed E-state index contributed by atoms with van der Waals surface area (Å²) in [5.41, 5.74) is 6.15. The Balaban J connectivity index is 3.58. The third kappa shape index (κ3) is 10.3. The SMILES string of the molecule is CCCCC(C)(C)CCCCC(N)CC(=O)O. The first-order valence-electron chi connectivity index (χ1n) is 6.85. The van der Waals surface area contributed by atoms with Crippen molar-refractivity contribution in [1.82, 2.24) is 0 Å². The Morgan fingerprint density at radius 2 is 1.82 bits per heavy atom. The Kier molecular flexibility index (Phi) is 8.23. The summed E-state index contributed by atoms with van der Waals surface area (Å²) in [5, 5.41) is 8.59. The molecule has 3 heteroatoms. The lowest BCUT2D eigenvalue weighted by Gasteiger charge is -2.24. The largest absolute Gasteiger partial charge is 0.481 e. The maximum absolute atomic E-state index is 10.4. The van der Waals surface area contributed by atoms with Gasteiger partial charge in [-0.1, -0.05) is 46.5 Å². The highest BCUT2D eigenvalue weighted by Crippen LogP contribution is 2.29. The van der Waals surface area contributed by atoms with Gasteiger partial charge >= 0.3 is 5.97 Å². The molecule has 0 amide bonds. The maximum Gasteiger partial charge on any atom is 0.304 e. The molecule has 0 aromatic rings. The van der Waals surface area contributed by atoms with Gasteiger partial charge in [-0.3, -0.25) is 4.79 Å². The van der Waals surface area contributed by atoms with Crippen molar-refractivity contribution in [2.45, 2.75) is 78.2 Å². The fourth-order valence-corrected chi connectivity index (χ4v) is 2.12. The van der Waals surface area contributed by atoms with Crippen LogP contribution in [-0.4, -0.2) is 17.1 Å². The second kappa shape index (κ2) is 8.51. The van der Waals surface area contributed by atoms with E-state index < -0.39 is 5.97 Å². The van der Waals surface area contributed by atoms with Crippen molar-refractivity contribution in [2.75, 3.05) is 0 Å². The molecule has 0 bridgehead atoms. The van der Waals surface area contributed by atoms with Crippen molar-refractivity contribution in [1.29, 1.82) is 0 Å². The van der Waals surface area contributed by atoms with Crippen LogP contribution in [0.15, 0.2) is 0 Å². The highest BCUT2D eigenvalue weighted by atomic mass is 16.4. The van der Waals surface area contributed by atoms with Gasteiger partial charge in [0.15, 0.2) is 0 Å². The third-order valence-electron chi connectivity index (χ3n) is 3.32. The smallest absolute Gasteiger partial charge is 0.304 e. The van der Waals surface area contributed by atoms with Crippen molar-refractivity contribution in [2.24, 2.45) is 11.1 Å². The van der Waals surface area contributed by atoms with E-state index in [9.17, 15) is 4.79 Å².